The van der Waals surface area contributed by atoms with Crippen molar-refractivity contribution in [2.45, 2.75) is 6.04 Å². The number of aromatic nitrogens is 2. The van der Waals surface area contributed by atoms with Crippen LogP contribution < -0.4 is 10.6 Å². The molecule has 1 unspecified atom stereocenters. The summed E-state index contributed by atoms with van der Waals surface area (Å²) in [6.45, 7) is 2.75. The summed E-state index contributed by atoms with van der Waals surface area (Å²) < 4.78 is 2.00. The number of nitrogens with zero attached hydrogens (tertiary/aromatic N) is 3. The summed E-state index contributed by atoms with van der Waals surface area (Å²) in [5.41, 5.74) is 0.642. The van der Waals surface area contributed by atoms with Crippen LogP contribution in [0.5, 0.6) is 0 Å². The Labute approximate surface area is 140 Å². The van der Waals surface area contributed by atoms with Crippen molar-refractivity contribution in [3.63, 3.8) is 0 Å². The Morgan fingerprint density at radius 1 is 1.48 bits per heavy atom. The SMILES string of the molecule is Cn1ccnc1C1CNCCN1CC(=O)Nc1ccccc1Cl. The predicted molar refractivity (Wildman–Crippen MR) is 90.5 cm³/mol. The van der Waals surface area contributed by atoms with E-state index in [1.54, 1.807) is 18.3 Å². The minimum Gasteiger partial charge on any atom is -0.337 e. The summed E-state index contributed by atoms with van der Waals surface area (Å²) in [7, 11) is 1.97. The summed E-state index contributed by atoms with van der Waals surface area (Å²) >= 11 is 6.09. The van der Waals surface area contributed by atoms with Crippen LogP contribution in [0.4, 0.5) is 5.69 Å². The lowest BCUT2D eigenvalue weighted by atomic mass is 10.1. The van der Waals surface area contributed by atoms with Crippen LogP contribution in [0, 0.1) is 0 Å². The minimum atomic E-state index is -0.0702. The van der Waals surface area contributed by atoms with E-state index in [1.807, 2.05) is 29.9 Å². The van der Waals surface area contributed by atoms with Crippen molar-refractivity contribution >= 4 is 23.2 Å². The fraction of sp³-hybridized carbons (Fsp3) is 0.375. The molecule has 3 rings (SSSR count). The normalized spacial score (nSPS) is 18.8. The second-order valence-corrected chi connectivity index (χ2v) is 6.02. The van der Waals surface area contributed by atoms with Crippen molar-refractivity contribution in [2.75, 3.05) is 31.5 Å². The molecule has 6 nitrogen and oxygen atoms in total. The zero-order valence-electron chi connectivity index (χ0n) is 13.0. The summed E-state index contributed by atoms with van der Waals surface area (Å²) in [5, 5.41) is 6.79. The van der Waals surface area contributed by atoms with Crippen molar-refractivity contribution in [3.8, 4) is 0 Å². The molecule has 0 aliphatic carbocycles. The van der Waals surface area contributed by atoms with E-state index in [1.165, 1.54) is 0 Å². The molecule has 2 heterocycles. The Balaban J connectivity index is 1.68. The summed E-state index contributed by atoms with van der Waals surface area (Å²) in [5.74, 6) is 0.891. The van der Waals surface area contributed by atoms with E-state index < -0.39 is 0 Å². The van der Waals surface area contributed by atoms with E-state index in [2.05, 4.69) is 20.5 Å². The van der Waals surface area contributed by atoms with Gasteiger partial charge in [-0.1, -0.05) is 23.7 Å². The van der Waals surface area contributed by atoms with Crippen molar-refractivity contribution in [2.24, 2.45) is 7.05 Å². The highest BCUT2D eigenvalue weighted by molar-refractivity contribution is 6.33. The van der Waals surface area contributed by atoms with Crippen LogP contribution in [0.3, 0.4) is 0 Å². The van der Waals surface area contributed by atoms with E-state index in [0.29, 0.717) is 17.3 Å². The minimum absolute atomic E-state index is 0.0702. The number of para-hydroxylation sites is 1. The maximum atomic E-state index is 12.4. The number of nitrogens with one attached hydrogen (secondary N) is 2. The van der Waals surface area contributed by atoms with Crippen LogP contribution in [0.25, 0.3) is 0 Å². The molecular formula is C16H20ClN5O. The number of carbonyl (C=O) groups is 1. The van der Waals surface area contributed by atoms with Gasteiger partial charge in [-0.15, -0.1) is 0 Å². The summed E-state index contributed by atoms with van der Waals surface area (Å²) in [4.78, 5) is 18.9. The fourth-order valence-corrected chi connectivity index (χ4v) is 3.01. The third-order valence-electron chi connectivity index (χ3n) is 4.01. The fourth-order valence-electron chi connectivity index (χ4n) is 2.83. The van der Waals surface area contributed by atoms with Crippen molar-refractivity contribution in [3.05, 3.63) is 47.5 Å². The first kappa shape index (κ1) is 16.0. The maximum Gasteiger partial charge on any atom is 0.238 e. The molecule has 0 spiro atoms. The van der Waals surface area contributed by atoms with Gasteiger partial charge >= 0.3 is 0 Å². The number of imidazole rings is 1. The van der Waals surface area contributed by atoms with Crippen molar-refractivity contribution in [1.82, 2.24) is 19.8 Å². The van der Waals surface area contributed by atoms with Gasteiger partial charge in [0, 0.05) is 39.1 Å². The van der Waals surface area contributed by atoms with Gasteiger partial charge < -0.3 is 15.2 Å². The third kappa shape index (κ3) is 3.72. The number of carbonyl (C=O) groups excluding carboxylic acids is 1. The third-order valence-corrected chi connectivity index (χ3v) is 4.33. The Hall–Kier alpha value is -1.89. The number of benzene rings is 1. The molecule has 122 valence electrons. The lowest BCUT2D eigenvalue weighted by Crippen LogP contribution is -2.49. The van der Waals surface area contributed by atoms with Gasteiger partial charge in [0.15, 0.2) is 0 Å². The number of aryl methyl sites for hydroxylation is 1. The molecule has 1 aliphatic heterocycles. The topological polar surface area (TPSA) is 62.2 Å². The lowest BCUT2D eigenvalue weighted by molar-refractivity contribution is -0.118. The quantitative estimate of drug-likeness (QED) is 0.893. The Bertz CT molecular complexity index is 687. The van der Waals surface area contributed by atoms with Crippen LogP contribution >= 0.6 is 11.6 Å². The molecule has 0 saturated carbocycles. The van der Waals surface area contributed by atoms with E-state index in [-0.39, 0.29) is 11.9 Å². The van der Waals surface area contributed by atoms with E-state index in [0.717, 1.165) is 25.5 Å². The number of piperazine rings is 1. The second-order valence-electron chi connectivity index (χ2n) is 5.61. The van der Waals surface area contributed by atoms with Gasteiger partial charge in [0.05, 0.1) is 23.3 Å². The number of rotatable bonds is 4. The smallest absolute Gasteiger partial charge is 0.238 e. The van der Waals surface area contributed by atoms with Crippen LogP contribution in [0.15, 0.2) is 36.7 Å². The zero-order valence-corrected chi connectivity index (χ0v) is 13.8. The second kappa shape index (κ2) is 7.12. The number of amides is 1. The highest BCUT2D eigenvalue weighted by atomic mass is 35.5. The standard InChI is InChI=1S/C16H20ClN5O/c1-21-8-7-19-16(21)14-10-18-6-9-22(14)11-15(23)20-13-5-3-2-4-12(13)17/h2-5,7-8,14,18H,6,9-11H2,1H3,(H,20,23). The Morgan fingerprint density at radius 2 is 2.30 bits per heavy atom. The van der Waals surface area contributed by atoms with E-state index in [4.69, 9.17) is 11.6 Å². The molecule has 23 heavy (non-hydrogen) atoms. The Morgan fingerprint density at radius 3 is 3.04 bits per heavy atom. The average Bonchev–Trinajstić information content (AvgIpc) is 2.96. The first-order chi connectivity index (χ1) is 11.1. The van der Waals surface area contributed by atoms with Gasteiger partial charge in [0.2, 0.25) is 5.91 Å². The molecule has 1 amide bonds. The molecule has 1 aromatic carbocycles. The van der Waals surface area contributed by atoms with Crippen LogP contribution in [0.2, 0.25) is 5.02 Å². The van der Waals surface area contributed by atoms with Crippen molar-refractivity contribution in [1.29, 1.82) is 0 Å². The monoisotopic (exact) mass is 333 g/mol. The molecule has 0 bridgehead atoms. The average molecular weight is 334 g/mol. The maximum absolute atomic E-state index is 12.4. The number of anilines is 1. The zero-order chi connectivity index (χ0) is 16.2. The molecule has 2 aromatic rings. The van der Waals surface area contributed by atoms with Crippen LogP contribution in [-0.2, 0) is 11.8 Å². The number of hydrogen-bond acceptors (Lipinski definition) is 4. The predicted octanol–water partition coefficient (Wildman–Crippen LogP) is 1.66. The highest BCUT2D eigenvalue weighted by Gasteiger charge is 2.28. The van der Waals surface area contributed by atoms with Crippen molar-refractivity contribution < 1.29 is 4.79 Å². The lowest BCUT2D eigenvalue weighted by Gasteiger charge is -2.35. The number of halogens is 1. The molecule has 1 aliphatic rings. The van der Waals surface area contributed by atoms with E-state index in [9.17, 15) is 4.79 Å². The number of hydrogen-bond donors (Lipinski definition) is 2. The summed E-state index contributed by atoms with van der Waals surface area (Å²) in [6.07, 6.45) is 3.71. The molecule has 1 saturated heterocycles. The molecule has 0 radical (unpaired) electrons. The van der Waals surface area contributed by atoms with E-state index >= 15 is 0 Å². The van der Waals surface area contributed by atoms with Gasteiger partial charge in [0.1, 0.15) is 5.82 Å². The summed E-state index contributed by atoms with van der Waals surface area (Å²) in [6, 6.07) is 7.34. The van der Waals surface area contributed by atoms with Gasteiger partial charge in [-0.3, -0.25) is 9.69 Å². The molecule has 2 N–H and O–H groups in total. The van der Waals surface area contributed by atoms with Gasteiger partial charge in [-0.05, 0) is 12.1 Å². The van der Waals surface area contributed by atoms with Gasteiger partial charge in [0.25, 0.3) is 0 Å². The van der Waals surface area contributed by atoms with Crippen LogP contribution in [0.1, 0.15) is 11.9 Å². The molecule has 7 heteroatoms. The highest BCUT2D eigenvalue weighted by Crippen LogP contribution is 2.22. The van der Waals surface area contributed by atoms with Gasteiger partial charge in [-0.25, -0.2) is 4.98 Å². The first-order valence-corrected chi connectivity index (χ1v) is 7.99. The first-order valence-electron chi connectivity index (χ1n) is 7.61. The Kier molecular flexibility index (Phi) is 4.95. The van der Waals surface area contributed by atoms with Crippen LogP contribution in [-0.4, -0.2) is 46.5 Å². The van der Waals surface area contributed by atoms with Gasteiger partial charge in [-0.2, -0.15) is 0 Å². The molecule has 1 fully saturated rings. The molecular weight excluding hydrogens is 314 g/mol. The molecule has 1 atom stereocenters. The largest absolute Gasteiger partial charge is 0.337 e. The molecule has 1 aromatic heterocycles.